The van der Waals surface area contributed by atoms with Crippen LogP contribution in [0.4, 0.5) is 6.01 Å². The van der Waals surface area contributed by atoms with Crippen molar-refractivity contribution < 1.29 is 41.9 Å². The van der Waals surface area contributed by atoms with Crippen molar-refractivity contribution in [2.75, 3.05) is 5.32 Å². The van der Waals surface area contributed by atoms with E-state index < -0.39 is 0 Å². The summed E-state index contributed by atoms with van der Waals surface area (Å²) in [7, 11) is 0. The molecule has 0 fully saturated rings. The summed E-state index contributed by atoms with van der Waals surface area (Å²) in [6.07, 6.45) is 1.16. The van der Waals surface area contributed by atoms with Crippen molar-refractivity contribution in [3.63, 3.8) is 0 Å². The summed E-state index contributed by atoms with van der Waals surface area (Å²) in [5.74, 6) is -0.280. The van der Waals surface area contributed by atoms with Crippen LogP contribution >= 0.6 is 0 Å². The number of amides is 1. The SMILES string of the molecule is Cc1[c-]c(C)c(C(=O)Nc2nnco2)cc1.[Y]. The second kappa shape index (κ2) is 6.03. The van der Waals surface area contributed by atoms with Crippen molar-refractivity contribution in [3.05, 3.63) is 41.3 Å². The third-order valence-corrected chi connectivity index (χ3v) is 2.11. The minimum atomic E-state index is -0.280. The monoisotopic (exact) mass is 305 g/mol. The molecular formula is C11H10N3O2Y-. The molecule has 0 aliphatic carbocycles. The maximum Gasteiger partial charge on any atom is 0.321 e. The quantitative estimate of drug-likeness (QED) is 0.858. The van der Waals surface area contributed by atoms with Gasteiger partial charge >= 0.3 is 6.01 Å². The van der Waals surface area contributed by atoms with Crippen LogP contribution < -0.4 is 5.32 Å². The molecule has 1 N–H and O–H groups in total. The van der Waals surface area contributed by atoms with Crippen LogP contribution in [0, 0.1) is 19.9 Å². The first-order valence-corrected chi connectivity index (χ1v) is 4.74. The van der Waals surface area contributed by atoms with E-state index in [0.29, 0.717) is 5.56 Å². The van der Waals surface area contributed by atoms with Crippen LogP contribution in [-0.4, -0.2) is 16.1 Å². The van der Waals surface area contributed by atoms with Gasteiger partial charge in [0.15, 0.2) is 0 Å². The second-order valence-corrected chi connectivity index (χ2v) is 3.38. The van der Waals surface area contributed by atoms with Gasteiger partial charge in [-0.05, 0) is 0 Å². The van der Waals surface area contributed by atoms with E-state index in [1.54, 1.807) is 6.07 Å². The van der Waals surface area contributed by atoms with E-state index in [1.807, 2.05) is 19.9 Å². The second-order valence-electron chi connectivity index (χ2n) is 3.38. The summed E-state index contributed by atoms with van der Waals surface area (Å²) in [5, 5.41) is 9.54. The molecule has 0 spiro atoms. The molecule has 2 rings (SSSR count). The van der Waals surface area contributed by atoms with Crippen molar-refractivity contribution in [1.82, 2.24) is 10.2 Å². The number of hydrogen-bond acceptors (Lipinski definition) is 4. The minimum Gasteiger partial charge on any atom is -0.411 e. The molecule has 1 aromatic heterocycles. The Hall–Kier alpha value is -1.07. The van der Waals surface area contributed by atoms with E-state index in [2.05, 4.69) is 21.6 Å². The van der Waals surface area contributed by atoms with Gasteiger partial charge in [0.05, 0.1) is 0 Å². The number of rotatable bonds is 2. The topological polar surface area (TPSA) is 68.0 Å². The summed E-state index contributed by atoms with van der Waals surface area (Å²) >= 11 is 0. The molecule has 6 heteroatoms. The van der Waals surface area contributed by atoms with Gasteiger partial charge in [-0.3, -0.25) is 10.1 Å². The first-order valence-electron chi connectivity index (χ1n) is 4.74. The predicted molar refractivity (Wildman–Crippen MR) is 57.0 cm³/mol. The first kappa shape index (κ1) is 14.0. The summed E-state index contributed by atoms with van der Waals surface area (Å²) < 4.78 is 4.82. The van der Waals surface area contributed by atoms with E-state index >= 15 is 0 Å². The molecule has 0 unspecified atom stereocenters. The average Bonchev–Trinajstić information content (AvgIpc) is 2.70. The zero-order valence-corrected chi connectivity index (χ0v) is 12.4. The van der Waals surface area contributed by atoms with Gasteiger partial charge in [0.1, 0.15) is 0 Å². The summed E-state index contributed by atoms with van der Waals surface area (Å²) in [6, 6.07) is 6.73. The smallest absolute Gasteiger partial charge is 0.321 e. The van der Waals surface area contributed by atoms with Crippen molar-refractivity contribution in [3.8, 4) is 0 Å². The van der Waals surface area contributed by atoms with Crippen molar-refractivity contribution in [1.29, 1.82) is 0 Å². The van der Waals surface area contributed by atoms with E-state index in [1.165, 1.54) is 0 Å². The third kappa shape index (κ3) is 3.44. The number of nitrogens with zero attached hydrogens (tertiary/aromatic N) is 2. The number of aromatic nitrogens is 2. The van der Waals surface area contributed by atoms with Crippen molar-refractivity contribution >= 4 is 11.9 Å². The average molecular weight is 305 g/mol. The first-order chi connectivity index (χ1) is 7.66. The van der Waals surface area contributed by atoms with Crippen molar-refractivity contribution in [2.24, 2.45) is 0 Å². The Labute approximate surface area is 124 Å². The molecule has 0 atom stereocenters. The van der Waals surface area contributed by atoms with Gasteiger partial charge in [-0.15, -0.1) is 5.10 Å². The molecule has 0 saturated heterocycles. The van der Waals surface area contributed by atoms with Gasteiger partial charge in [-0.2, -0.15) is 29.3 Å². The van der Waals surface area contributed by atoms with Crippen LogP contribution in [-0.2, 0) is 32.7 Å². The maximum absolute atomic E-state index is 11.8. The van der Waals surface area contributed by atoms with Gasteiger partial charge in [0.2, 0.25) is 12.3 Å². The number of carbonyl (C=O) groups excluding carboxylic acids is 1. The number of hydrogen-bond donors (Lipinski definition) is 1. The van der Waals surface area contributed by atoms with E-state index in [4.69, 9.17) is 4.42 Å². The van der Waals surface area contributed by atoms with Crippen LogP contribution in [0.5, 0.6) is 0 Å². The molecule has 17 heavy (non-hydrogen) atoms. The largest absolute Gasteiger partial charge is 0.411 e. The van der Waals surface area contributed by atoms with Crippen LogP contribution in [0.2, 0.25) is 0 Å². The van der Waals surface area contributed by atoms with Gasteiger partial charge in [-0.1, -0.05) is 24.5 Å². The molecule has 5 nitrogen and oxygen atoms in total. The Morgan fingerprint density at radius 3 is 2.76 bits per heavy atom. The molecular weight excluding hydrogens is 295 g/mol. The fourth-order valence-corrected chi connectivity index (χ4v) is 1.38. The number of aryl methyl sites for hydroxylation is 2. The van der Waals surface area contributed by atoms with E-state index in [0.717, 1.165) is 17.5 Å². The minimum absolute atomic E-state index is 0. The van der Waals surface area contributed by atoms with Crippen molar-refractivity contribution in [2.45, 2.75) is 13.8 Å². The normalized spacial score (nSPS) is 9.53. The number of benzene rings is 1. The van der Waals surface area contributed by atoms with Crippen LogP contribution in [0.1, 0.15) is 21.5 Å². The standard InChI is InChI=1S/C11H10N3O2.Y/c1-7-3-4-9(8(2)5-7)10(15)13-11-14-12-6-16-11;/h3-4,6H,1-2H3,(H,13,14,15);/q-1;. The predicted octanol–water partition coefficient (Wildman–Crippen LogP) is 1.74. The summed E-state index contributed by atoms with van der Waals surface area (Å²) in [5.41, 5.74) is 2.33. The Kier molecular flexibility index (Phi) is 4.96. The number of nitrogens with one attached hydrogen (secondary N) is 1. The fraction of sp³-hybridized carbons (Fsp3) is 0.182. The summed E-state index contributed by atoms with van der Waals surface area (Å²) in [6.45, 7) is 3.75. The van der Waals surface area contributed by atoms with Crippen LogP contribution in [0.25, 0.3) is 0 Å². The Morgan fingerprint density at radius 2 is 2.18 bits per heavy atom. The number of anilines is 1. The zero-order chi connectivity index (χ0) is 11.5. The molecule has 85 valence electrons. The van der Waals surface area contributed by atoms with Crippen LogP contribution in [0.3, 0.4) is 0 Å². The van der Waals surface area contributed by atoms with E-state index in [9.17, 15) is 4.79 Å². The molecule has 1 radical (unpaired) electrons. The van der Waals surface area contributed by atoms with Gasteiger partial charge < -0.3 is 4.42 Å². The molecule has 1 heterocycles. The zero-order valence-electron chi connectivity index (χ0n) is 9.52. The van der Waals surface area contributed by atoms with Gasteiger partial charge in [-0.25, -0.2) is 0 Å². The Bertz CT molecular complexity index is 511. The molecule has 0 bridgehead atoms. The Morgan fingerprint density at radius 1 is 1.41 bits per heavy atom. The summed E-state index contributed by atoms with van der Waals surface area (Å²) in [4.78, 5) is 11.8. The van der Waals surface area contributed by atoms with Gasteiger partial charge in [0.25, 0.3) is 0 Å². The Balaban J connectivity index is 0.00000144. The molecule has 0 saturated carbocycles. The molecule has 1 amide bonds. The molecule has 2 aromatic rings. The van der Waals surface area contributed by atoms with Crippen LogP contribution in [0.15, 0.2) is 22.9 Å². The third-order valence-electron chi connectivity index (χ3n) is 2.11. The molecule has 0 aliphatic heterocycles. The molecule has 1 aromatic carbocycles. The maximum atomic E-state index is 11.8. The van der Waals surface area contributed by atoms with E-state index in [-0.39, 0.29) is 44.6 Å². The number of carbonyl (C=O) groups is 1. The van der Waals surface area contributed by atoms with Gasteiger partial charge in [0, 0.05) is 32.7 Å². The fourth-order valence-electron chi connectivity index (χ4n) is 1.38. The molecule has 0 aliphatic rings.